The van der Waals surface area contributed by atoms with Crippen molar-refractivity contribution in [3.05, 3.63) is 48.0 Å². The standard InChI is InChI=1S/C20H24N2O4S2/c1-4-11-21-20(23)15-9-10-19-17(12-15)22(14(2)13-26-28(3,24)25)16-7-5-6-8-18(16)27-19/h5-10,12,14H,4,11,13H2,1-3H3,(H,21,23)/t14-/m1/s1. The molecule has 0 bridgehead atoms. The Labute approximate surface area is 170 Å². The van der Waals surface area contributed by atoms with Crippen LogP contribution in [0.3, 0.4) is 0 Å². The number of nitrogens with one attached hydrogen (secondary N) is 1. The Balaban J connectivity index is 1.99. The summed E-state index contributed by atoms with van der Waals surface area (Å²) in [6.07, 6.45) is 1.91. The lowest BCUT2D eigenvalue weighted by molar-refractivity contribution is 0.0953. The monoisotopic (exact) mass is 420 g/mol. The topological polar surface area (TPSA) is 75.7 Å². The van der Waals surface area contributed by atoms with Gasteiger partial charge in [-0.05, 0) is 43.7 Å². The molecular formula is C20H24N2O4S2. The summed E-state index contributed by atoms with van der Waals surface area (Å²) in [6, 6.07) is 13.3. The number of para-hydroxylation sites is 1. The molecule has 1 amide bonds. The number of nitrogens with zero attached hydrogens (tertiary/aromatic N) is 1. The zero-order chi connectivity index (χ0) is 20.3. The van der Waals surface area contributed by atoms with E-state index in [9.17, 15) is 13.2 Å². The van der Waals surface area contributed by atoms with Crippen LogP contribution >= 0.6 is 11.8 Å². The molecule has 0 unspecified atom stereocenters. The predicted octanol–water partition coefficient (Wildman–Crippen LogP) is 3.79. The van der Waals surface area contributed by atoms with E-state index in [0.717, 1.165) is 33.8 Å². The molecule has 28 heavy (non-hydrogen) atoms. The first-order chi connectivity index (χ1) is 13.3. The number of benzene rings is 2. The van der Waals surface area contributed by atoms with Crippen LogP contribution in [0.1, 0.15) is 30.6 Å². The van der Waals surface area contributed by atoms with Gasteiger partial charge >= 0.3 is 0 Å². The van der Waals surface area contributed by atoms with Crippen LogP contribution in [0, 0.1) is 0 Å². The molecule has 8 heteroatoms. The summed E-state index contributed by atoms with van der Waals surface area (Å²) < 4.78 is 28.0. The summed E-state index contributed by atoms with van der Waals surface area (Å²) in [5, 5.41) is 2.90. The van der Waals surface area contributed by atoms with Gasteiger partial charge in [-0.2, -0.15) is 8.42 Å². The molecule has 0 radical (unpaired) electrons. The minimum absolute atomic E-state index is 0.0174. The largest absolute Gasteiger partial charge is 0.352 e. The average molecular weight is 421 g/mol. The van der Waals surface area contributed by atoms with Crippen molar-refractivity contribution in [3.63, 3.8) is 0 Å². The molecule has 2 aromatic carbocycles. The Morgan fingerprint density at radius 3 is 2.61 bits per heavy atom. The van der Waals surface area contributed by atoms with Crippen molar-refractivity contribution < 1.29 is 17.4 Å². The molecule has 1 atom stereocenters. The maximum absolute atomic E-state index is 12.4. The molecule has 0 aliphatic carbocycles. The molecule has 0 aromatic heterocycles. The van der Waals surface area contributed by atoms with E-state index in [1.807, 2.05) is 61.2 Å². The summed E-state index contributed by atoms with van der Waals surface area (Å²) in [5.41, 5.74) is 2.42. The van der Waals surface area contributed by atoms with Crippen molar-refractivity contribution in [3.8, 4) is 0 Å². The first-order valence-electron chi connectivity index (χ1n) is 9.13. The number of anilines is 2. The third-order valence-electron chi connectivity index (χ3n) is 4.33. The fourth-order valence-corrected chi connectivity index (χ4v) is 4.53. The fraction of sp³-hybridized carbons (Fsp3) is 0.350. The van der Waals surface area contributed by atoms with Crippen molar-refractivity contribution in [2.24, 2.45) is 0 Å². The summed E-state index contributed by atoms with van der Waals surface area (Å²) in [5.74, 6) is -0.117. The van der Waals surface area contributed by atoms with E-state index in [1.165, 1.54) is 0 Å². The Kier molecular flexibility index (Phi) is 6.32. The van der Waals surface area contributed by atoms with Gasteiger partial charge in [0.15, 0.2) is 0 Å². The van der Waals surface area contributed by atoms with Gasteiger partial charge in [0.05, 0.1) is 30.3 Å². The van der Waals surface area contributed by atoms with Crippen LogP contribution in [-0.2, 0) is 14.3 Å². The first-order valence-corrected chi connectivity index (χ1v) is 11.8. The number of hydrogen-bond donors (Lipinski definition) is 1. The first kappa shape index (κ1) is 20.7. The zero-order valence-corrected chi connectivity index (χ0v) is 17.8. The van der Waals surface area contributed by atoms with E-state index in [4.69, 9.17) is 4.18 Å². The van der Waals surface area contributed by atoms with E-state index in [1.54, 1.807) is 11.8 Å². The molecule has 1 heterocycles. The summed E-state index contributed by atoms with van der Waals surface area (Å²) in [4.78, 5) is 16.6. The number of fused-ring (bicyclic) bond motifs is 2. The van der Waals surface area contributed by atoms with Gasteiger partial charge in [-0.1, -0.05) is 30.8 Å². The number of hydrogen-bond acceptors (Lipinski definition) is 6. The van der Waals surface area contributed by atoms with Crippen LogP contribution in [0.5, 0.6) is 0 Å². The van der Waals surface area contributed by atoms with E-state index in [0.29, 0.717) is 12.1 Å². The Bertz CT molecular complexity index is 976. The lowest BCUT2D eigenvalue weighted by Gasteiger charge is -2.37. The molecule has 1 aliphatic rings. The van der Waals surface area contributed by atoms with Gasteiger partial charge in [-0.15, -0.1) is 0 Å². The molecule has 2 aromatic rings. The molecule has 1 N–H and O–H groups in total. The van der Waals surface area contributed by atoms with E-state index >= 15 is 0 Å². The van der Waals surface area contributed by atoms with Crippen molar-refractivity contribution in [1.29, 1.82) is 0 Å². The normalized spacial score (nSPS) is 14.2. The van der Waals surface area contributed by atoms with Crippen molar-refractivity contribution >= 4 is 39.2 Å². The number of carbonyl (C=O) groups is 1. The molecule has 150 valence electrons. The Morgan fingerprint density at radius 1 is 1.18 bits per heavy atom. The lowest BCUT2D eigenvalue weighted by atomic mass is 10.1. The van der Waals surface area contributed by atoms with Gasteiger partial charge in [-0.3, -0.25) is 8.98 Å². The summed E-state index contributed by atoms with van der Waals surface area (Å²) in [7, 11) is -3.54. The highest BCUT2D eigenvalue weighted by molar-refractivity contribution is 7.99. The van der Waals surface area contributed by atoms with Crippen molar-refractivity contribution in [2.45, 2.75) is 36.1 Å². The van der Waals surface area contributed by atoms with E-state index in [2.05, 4.69) is 5.32 Å². The molecule has 3 rings (SSSR count). The molecule has 0 fully saturated rings. The average Bonchev–Trinajstić information content (AvgIpc) is 2.67. The van der Waals surface area contributed by atoms with Crippen molar-refractivity contribution in [1.82, 2.24) is 5.32 Å². The summed E-state index contributed by atoms with van der Waals surface area (Å²) in [6.45, 7) is 4.55. The maximum Gasteiger partial charge on any atom is 0.264 e. The maximum atomic E-state index is 12.4. The lowest BCUT2D eigenvalue weighted by Crippen LogP contribution is -2.35. The van der Waals surface area contributed by atoms with Gasteiger partial charge in [-0.25, -0.2) is 0 Å². The number of amides is 1. The zero-order valence-electron chi connectivity index (χ0n) is 16.1. The Morgan fingerprint density at radius 2 is 1.89 bits per heavy atom. The van der Waals surface area contributed by atoms with Crippen LogP contribution in [0.25, 0.3) is 0 Å². The number of carbonyl (C=O) groups excluding carboxylic acids is 1. The number of rotatable bonds is 7. The van der Waals surface area contributed by atoms with Crippen LogP contribution < -0.4 is 10.2 Å². The minimum Gasteiger partial charge on any atom is -0.352 e. The van der Waals surface area contributed by atoms with Crippen molar-refractivity contribution in [2.75, 3.05) is 24.3 Å². The molecular weight excluding hydrogens is 396 g/mol. The third kappa shape index (κ3) is 4.68. The Hall–Kier alpha value is -2.03. The second-order valence-corrected chi connectivity index (χ2v) is 9.44. The van der Waals surface area contributed by atoms with Crippen LogP contribution in [-0.4, -0.2) is 39.8 Å². The summed E-state index contributed by atoms with van der Waals surface area (Å²) >= 11 is 1.63. The molecule has 0 saturated carbocycles. The molecule has 1 aliphatic heterocycles. The smallest absolute Gasteiger partial charge is 0.264 e. The van der Waals surface area contributed by atoms with Crippen LogP contribution in [0.15, 0.2) is 52.3 Å². The van der Waals surface area contributed by atoms with Gasteiger partial charge in [0, 0.05) is 21.9 Å². The molecule has 6 nitrogen and oxygen atoms in total. The van der Waals surface area contributed by atoms with Crippen LogP contribution in [0.4, 0.5) is 11.4 Å². The van der Waals surface area contributed by atoms with E-state index < -0.39 is 10.1 Å². The SMILES string of the molecule is CCCNC(=O)c1ccc2c(c1)N([C@H](C)COS(C)(=O)=O)c1ccccc1S2. The third-order valence-corrected chi connectivity index (χ3v) is 6.02. The highest BCUT2D eigenvalue weighted by Gasteiger charge is 2.28. The van der Waals surface area contributed by atoms with E-state index in [-0.39, 0.29) is 18.6 Å². The van der Waals surface area contributed by atoms with Gasteiger partial charge in [0.2, 0.25) is 0 Å². The second kappa shape index (κ2) is 8.55. The molecule has 0 saturated heterocycles. The highest BCUT2D eigenvalue weighted by atomic mass is 32.2. The predicted molar refractivity (Wildman–Crippen MR) is 112 cm³/mol. The quantitative estimate of drug-likeness (QED) is 0.687. The second-order valence-electron chi connectivity index (χ2n) is 6.72. The van der Waals surface area contributed by atoms with Gasteiger partial charge in [0.1, 0.15) is 0 Å². The molecule has 0 spiro atoms. The highest BCUT2D eigenvalue weighted by Crippen LogP contribution is 2.49. The van der Waals surface area contributed by atoms with Gasteiger partial charge < -0.3 is 10.2 Å². The minimum atomic E-state index is -3.54. The van der Waals surface area contributed by atoms with Gasteiger partial charge in [0.25, 0.3) is 16.0 Å². The van der Waals surface area contributed by atoms with Crippen LogP contribution in [0.2, 0.25) is 0 Å². The fourth-order valence-electron chi connectivity index (χ4n) is 3.04.